The van der Waals surface area contributed by atoms with E-state index in [0.29, 0.717) is 12.2 Å². The SMILES string of the molecule is COC(=O)c1ccc(S(=O)(=O)Nc2cccc(Cn3cccn3)c2)cc1. The Hall–Kier alpha value is -3.13. The molecule has 0 saturated carbocycles. The molecule has 7 nitrogen and oxygen atoms in total. The van der Waals surface area contributed by atoms with Crippen molar-refractivity contribution < 1.29 is 17.9 Å². The highest BCUT2D eigenvalue weighted by atomic mass is 32.2. The molecule has 3 rings (SSSR count). The van der Waals surface area contributed by atoms with Gasteiger partial charge in [-0.2, -0.15) is 5.10 Å². The number of sulfonamides is 1. The van der Waals surface area contributed by atoms with E-state index in [2.05, 4.69) is 14.6 Å². The maximum Gasteiger partial charge on any atom is 0.337 e. The van der Waals surface area contributed by atoms with Crippen LogP contribution in [0.15, 0.2) is 71.9 Å². The summed E-state index contributed by atoms with van der Waals surface area (Å²) in [5.74, 6) is -0.520. The molecule has 0 bridgehead atoms. The number of aromatic nitrogens is 2. The second-order valence-corrected chi connectivity index (χ2v) is 7.21. The van der Waals surface area contributed by atoms with E-state index < -0.39 is 16.0 Å². The van der Waals surface area contributed by atoms with Crippen molar-refractivity contribution in [3.63, 3.8) is 0 Å². The number of nitrogens with one attached hydrogen (secondary N) is 1. The molecule has 0 amide bonds. The summed E-state index contributed by atoms with van der Waals surface area (Å²) < 4.78 is 34.0. The van der Waals surface area contributed by atoms with Crippen molar-refractivity contribution in [3.05, 3.63) is 78.1 Å². The average molecular weight is 371 g/mol. The lowest BCUT2D eigenvalue weighted by molar-refractivity contribution is 0.0600. The van der Waals surface area contributed by atoms with E-state index in [0.717, 1.165) is 5.56 Å². The fourth-order valence-corrected chi connectivity index (χ4v) is 3.47. The van der Waals surface area contributed by atoms with Gasteiger partial charge in [-0.15, -0.1) is 0 Å². The third-order valence-corrected chi connectivity index (χ3v) is 5.07. The zero-order valence-corrected chi connectivity index (χ0v) is 14.8. The molecule has 0 unspecified atom stereocenters. The number of anilines is 1. The number of carbonyl (C=O) groups excluding carboxylic acids is 1. The lowest BCUT2D eigenvalue weighted by Gasteiger charge is -2.10. The summed E-state index contributed by atoms with van der Waals surface area (Å²) in [4.78, 5) is 11.5. The van der Waals surface area contributed by atoms with Gasteiger partial charge in [-0.1, -0.05) is 12.1 Å². The number of rotatable bonds is 6. The Morgan fingerprint density at radius 1 is 1.15 bits per heavy atom. The summed E-state index contributed by atoms with van der Waals surface area (Å²) in [5, 5.41) is 4.13. The summed E-state index contributed by atoms with van der Waals surface area (Å²) in [6.45, 7) is 0.538. The van der Waals surface area contributed by atoms with Crippen LogP contribution in [-0.2, 0) is 21.3 Å². The topological polar surface area (TPSA) is 90.3 Å². The molecule has 8 heteroatoms. The molecule has 0 fully saturated rings. The van der Waals surface area contributed by atoms with Gasteiger partial charge < -0.3 is 4.74 Å². The van der Waals surface area contributed by atoms with E-state index in [1.807, 2.05) is 18.3 Å². The van der Waals surface area contributed by atoms with E-state index in [9.17, 15) is 13.2 Å². The molecule has 1 heterocycles. The highest BCUT2D eigenvalue weighted by Gasteiger charge is 2.15. The van der Waals surface area contributed by atoms with Crippen LogP contribution in [0, 0.1) is 0 Å². The Bertz CT molecular complexity index is 997. The molecule has 0 radical (unpaired) electrons. The molecule has 2 aromatic carbocycles. The van der Waals surface area contributed by atoms with Gasteiger partial charge in [0, 0.05) is 18.1 Å². The first-order valence-corrected chi connectivity index (χ1v) is 9.24. The van der Waals surface area contributed by atoms with E-state index in [1.54, 1.807) is 29.1 Å². The van der Waals surface area contributed by atoms with Gasteiger partial charge in [0.25, 0.3) is 10.0 Å². The molecular weight excluding hydrogens is 354 g/mol. The minimum atomic E-state index is -3.77. The van der Waals surface area contributed by atoms with Crippen molar-refractivity contribution in [2.24, 2.45) is 0 Å². The number of ether oxygens (including phenoxy) is 1. The first-order valence-electron chi connectivity index (χ1n) is 7.75. The number of esters is 1. The van der Waals surface area contributed by atoms with E-state index in [-0.39, 0.29) is 10.5 Å². The zero-order valence-electron chi connectivity index (χ0n) is 14.0. The van der Waals surface area contributed by atoms with Gasteiger partial charge in [0.2, 0.25) is 0 Å². The predicted octanol–water partition coefficient (Wildman–Crippen LogP) is 2.52. The summed E-state index contributed by atoms with van der Waals surface area (Å²) in [6.07, 6.45) is 3.52. The first kappa shape index (κ1) is 17.7. The second kappa shape index (κ2) is 7.40. The molecule has 0 aliphatic rings. The summed E-state index contributed by atoms with van der Waals surface area (Å²) in [5.41, 5.74) is 1.65. The molecule has 0 saturated heterocycles. The van der Waals surface area contributed by atoms with Gasteiger partial charge in [-0.3, -0.25) is 9.40 Å². The van der Waals surface area contributed by atoms with Crippen LogP contribution in [0.4, 0.5) is 5.69 Å². The Labute approximate surface area is 151 Å². The molecule has 1 aromatic heterocycles. The summed E-state index contributed by atoms with van der Waals surface area (Å²) in [6, 6.07) is 14.5. The van der Waals surface area contributed by atoms with Crippen LogP contribution in [0.2, 0.25) is 0 Å². The standard InChI is InChI=1S/C18H17N3O4S/c1-25-18(22)15-6-8-17(9-7-15)26(23,24)20-16-5-2-4-14(12-16)13-21-11-3-10-19-21/h2-12,20H,13H2,1H3. The Balaban J connectivity index is 1.78. The molecule has 0 aliphatic carbocycles. The Kier molecular flexibility index (Phi) is 5.04. The van der Waals surface area contributed by atoms with Gasteiger partial charge in [0.05, 0.1) is 24.1 Å². The minimum Gasteiger partial charge on any atom is -0.465 e. The van der Waals surface area contributed by atoms with Crippen molar-refractivity contribution in [2.45, 2.75) is 11.4 Å². The molecule has 1 N–H and O–H groups in total. The third kappa shape index (κ3) is 4.09. The van der Waals surface area contributed by atoms with Gasteiger partial charge in [0.15, 0.2) is 0 Å². The average Bonchev–Trinajstić information content (AvgIpc) is 3.14. The smallest absolute Gasteiger partial charge is 0.337 e. The van der Waals surface area contributed by atoms with Crippen LogP contribution in [0.25, 0.3) is 0 Å². The van der Waals surface area contributed by atoms with Crippen molar-refractivity contribution >= 4 is 21.7 Å². The van der Waals surface area contributed by atoms with Crippen LogP contribution in [0.1, 0.15) is 15.9 Å². The number of hydrogen-bond donors (Lipinski definition) is 1. The Morgan fingerprint density at radius 3 is 2.58 bits per heavy atom. The Morgan fingerprint density at radius 2 is 1.92 bits per heavy atom. The quantitative estimate of drug-likeness (QED) is 0.673. The van der Waals surface area contributed by atoms with Crippen LogP contribution in [0.5, 0.6) is 0 Å². The fourth-order valence-electron chi connectivity index (χ4n) is 2.42. The molecule has 0 spiro atoms. The largest absolute Gasteiger partial charge is 0.465 e. The summed E-state index contributed by atoms with van der Waals surface area (Å²) in [7, 11) is -2.50. The van der Waals surface area contributed by atoms with Crippen molar-refractivity contribution in [1.82, 2.24) is 9.78 Å². The summed E-state index contributed by atoms with van der Waals surface area (Å²) >= 11 is 0. The maximum absolute atomic E-state index is 12.5. The van der Waals surface area contributed by atoms with Crippen molar-refractivity contribution in [2.75, 3.05) is 11.8 Å². The van der Waals surface area contributed by atoms with E-state index >= 15 is 0 Å². The minimum absolute atomic E-state index is 0.0580. The number of carbonyl (C=O) groups is 1. The van der Waals surface area contributed by atoms with Crippen molar-refractivity contribution in [3.8, 4) is 0 Å². The third-order valence-electron chi connectivity index (χ3n) is 3.67. The van der Waals surface area contributed by atoms with Gasteiger partial charge in [-0.05, 0) is 48.0 Å². The molecular formula is C18H17N3O4S. The highest BCUT2D eigenvalue weighted by Crippen LogP contribution is 2.18. The van der Waals surface area contributed by atoms with Gasteiger partial charge in [-0.25, -0.2) is 13.2 Å². The van der Waals surface area contributed by atoms with Crippen LogP contribution in [-0.4, -0.2) is 31.3 Å². The lowest BCUT2D eigenvalue weighted by atomic mass is 10.2. The molecule has 134 valence electrons. The molecule has 3 aromatic rings. The van der Waals surface area contributed by atoms with Crippen LogP contribution >= 0.6 is 0 Å². The first-order chi connectivity index (χ1) is 12.5. The van der Waals surface area contributed by atoms with Gasteiger partial charge >= 0.3 is 5.97 Å². The van der Waals surface area contributed by atoms with Gasteiger partial charge in [0.1, 0.15) is 0 Å². The number of hydrogen-bond acceptors (Lipinski definition) is 5. The number of methoxy groups -OCH3 is 1. The lowest BCUT2D eigenvalue weighted by Crippen LogP contribution is -2.13. The molecule has 26 heavy (non-hydrogen) atoms. The second-order valence-electron chi connectivity index (χ2n) is 5.53. The number of benzene rings is 2. The van der Waals surface area contributed by atoms with E-state index in [1.165, 1.54) is 31.4 Å². The number of nitrogens with zero attached hydrogens (tertiary/aromatic N) is 2. The molecule has 0 aliphatic heterocycles. The fraction of sp³-hybridized carbons (Fsp3) is 0.111. The predicted molar refractivity (Wildman–Crippen MR) is 96.4 cm³/mol. The van der Waals surface area contributed by atoms with Crippen LogP contribution in [0.3, 0.4) is 0 Å². The normalized spacial score (nSPS) is 11.1. The monoisotopic (exact) mass is 371 g/mol. The van der Waals surface area contributed by atoms with Crippen molar-refractivity contribution in [1.29, 1.82) is 0 Å². The maximum atomic E-state index is 12.5. The zero-order chi connectivity index (χ0) is 18.6. The van der Waals surface area contributed by atoms with E-state index in [4.69, 9.17) is 0 Å². The van der Waals surface area contributed by atoms with Crippen LogP contribution < -0.4 is 4.72 Å². The molecule has 0 atom stereocenters. The highest BCUT2D eigenvalue weighted by molar-refractivity contribution is 7.92.